The Labute approximate surface area is 170 Å². The van der Waals surface area contributed by atoms with E-state index in [9.17, 15) is 13.2 Å². The molecule has 0 aliphatic carbocycles. The molecule has 0 spiro atoms. The van der Waals surface area contributed by atoms with Gasteiger partial charge in [0.25, 0.3) is 5.91 Å². The standard InChI is InChI=1S/C21H22N4O3S/c1-23(14-16-13-22-24(15-16)19-6-4-3-5-7-19)21(26)18-8-9-20-17(12-18)10-11-25(20)29(2,27)28/h3-9,12-13,15H,10-11,14H2,1-2H3. The third kappa shape index (κ3) is 3.88. The monoisotopic (exact) mass is 410 g/mol. The fourth-order valence-electron chi connectivity index (χ4n) is 3.58. The predicted molar refractivity (Wildman–Crippen MR) is 112 cm³/mol. The van der Waals surface area contributed by atoms with Crippen molar-refractivity contribution < 1.29 is 13.2 Å². The van der Waals surface area contributed by atoms with E-state index in [0.717, 1.165) is 16.8 Å². The topological polar surface area (TPSA) is 75.5 Å². The van der Waals surface area contributed by atoms with Crippen molar-refractivity contribution in [3.8, 4) is 5.69 Å². The number of para-hydroxylation sites is 1. The van der Waals surface area contributed by atoms with Crippen molar-refractivity contribution in [2.45, 2.75) is 13.0 Å². The third-order valence-corrected chi connectivity index (χ3v) is 6.18. The lowest BCUT2D eigenvalue weighted by atomic mass is 10.1. The van der Waals surface area contributed by atoms with Crippen molar-refractivity contribution in [1.29, 1.82) is 0 Å². The summed E-state index contributed by atoms with van der Waals surface area (Å²) in [5.74, 6) is -0.113. The summed E-state index contributed by atoms with van der Waals surface area (Å²) >= 11 is 0. The van der Waals surface area contributed by atoms with Gasteiger partial charge in [-0.2, -0.15) is 5.10 Å². The molecule has 29 heavy (non-hydrogen) atoms. The van der Waals surface area contributed by atoms with E-state index in [-0.39, 0.29) is 5.91 Å². The molecule has 0 N–H and O–H groups in total. The molecule has 0 fully saturated rings. The molecule has 150 valence electrons. The fraction of sp³-hybridized carbons (Fsp3) is 0.238. The van der Waals surface area contributed by atoms with Gasteiger partial charge in [-0.1, -0.05) is 18.2 Å². The molecular weight excluding hydrogens is 388 g/mol. The van der Waals surface area contributed by atoms with Gasteiger partial charge in [0, 0.05) is 37.5 Å². The molecule has 1 amide bonds. The summed E-state index contributed by atoms with van der Waals surface area (Å²) in [6, 6.07) is 15.0. The van der Waals surface area contributed by atoms with Crippen LogP contribution in [0.15, 0.2) is 60.9 Å². The summed E-state index contributed by atoms with van der Waals surface area (Å²) in [6.07, 6.45) is 5.47. The molecule has 8 heteroatoms. The number of aromatic nitrogens is 2. The van der Waals surface area contributed by atoms with Crippen molar-refractivity contribution in [2.24, 2.45) is 0 Å². The van der Waals surface area contributed by atoms with Gasteiger partial charge < -0.3 is 4.90 Å². The first kappa shape index (κ1) is 19.2. The van der Waals surface area contributed by atoms with Gasteiger partial charge in [-0.05, 0) is 42.3 Å². The number of hydrogen-bond acceptors (Lipinski definition) is 4. The zero-order chi connectivity index (χ0) is 20.6. The average molecular weight is 410 g/mol. The SMILES string of the molecule is CN(Cc1cnn(-c2ccccc2)c1)C(=O)c1ccc2c(c1)CCN2S(C)(=O)=O. The lowest BCUT2D eigenvalue weighted by molar-refractivity contribution is 0.0785. The van der Waals surface area contributed by atoms with Crippen LogP contribution >= 0.6 is 0 Å². The van der Waals surface area contributed by atoms with Crippen molar-refractivity contribution in [3.05, 3.63) is 77.6 Å². The van der Waals surface area contributed by atoms with E-state index in [4.69, 9.17) is 0 Å². The van der Waals surface area contributed by atoms with Crippen molar-refractivity contribution in [1.82, 2.24) is 14.7 Å². The molecule has 0 unspecified atom stereocenters. The minimum atomic E-state index is -3.30. The Morgan fingerprint density at radius 1 is 1.17 bits per heavy atom. The van der Waals surface area contributed by atoms with Gasteiger partial charge in [-0.3, -0.25) is 9.10 Å². The minimum absolute atomic E-state index is 0.113. The number of rotatable bonds is 5. The fourth-order valence-corrected chi connectivity index (χ4v) is 4.54. The summed E-state index contributed by atoms with van der Waals surface area (Å²) in [6.45, 7) is 0.846. The number of carbonyl (C=O) groups excluding carboxylic acids is 1. The third-order valence-electron chi connectivity index (χ3n) is 5.00. The van der Waals surface area contributed by atoms with Crippen LogP contribution in [0.1, 0.15) is 21.5 Å². The van der Waals surface area contributed by atoms with Crippen molar-refractivity contribution in [3.63, 3.8) is 0 Å². The van der Waals surface area contributed by atoms with E-state index in [1.54, 1.807) is 41.0 Å². The van der Waals surface area contributed by atoms with Gasteiger partial charge in [-0.25, -0.2) is 13.1 Å². The molecule has 0 atom stereocenters. The predicted octanol–water partition coefficient (Wildman–Crippen LogP) is 2.47. The number of nitrogens with zero attached hydrogens (tertiary/aromatic N) is 4. The molecule has 0 saturated heterocycles. The number of anilines is 1. The Balaban J connectivity index is 1.49. The van der Waals surface area contributed by atoms with Crippen LogP contribution in [0.5, 0.6) is 0 Å². The number of carbonyl (C=O) groups is 1. The van der Waals surface area contributed by atoms with Gasteiger partial charge >= 0.3 is 0 Å². The van der Waals surface area contributed by atoms with E-state index in [1.165, 1.54) is 10.6 Å². The molecule has 1 aliphatic heterocycles. The number of benzene rings is 2. The van der Waals surface area contributed by atoms with Crippen LogP contribution in [0.25, 0.3) is 5.69 Å². The van der Waals surface area contributed by atoms with Gasteiger partial charge in [0.1, 0.15) is 0 Å². The maximum Gasteiger partial charge on any atom is 0.253 e. The average Bonchev–Trinajstić information content (AvgIpc) is 3.34. The zero-order valence-corrected chi connectivity index (χ0v) is 17.1. The highest BCUT2D eigenvalue weighted by Crippen LogP contribution is 2.31. The van der Waals surface area contributed by atoms with Gasteiger partial charge in [0.2, 0.25) is 10.0 Å². The van der Waals surface area contributed by atoms with E-state index in [2.05, 4.69) is 5.10 Å². The second-order valence-corrected chi connectivity index (χ2v) is 9.13. The largest absolute Gasteiger partial charge is 0.337 e. The van der Waals surface area contributed by atoms with Crippen LogP contribution < -0.4 is 4.31 Å². The zero-order valence-electron chi connectivity index (χ0n) is 16.3. The van der Waals surface area contributed by atoms with Crippen molar-refractivity contribution in [2.75, 3.05) is 24.2 Å². The molecular formula is C21H22N4O3S. The van der Waals surface area contributed by atoms with Crippen LogP contribution in [0.2, 0.25) is 0 Å². The Kier molecular flexibility index (Phi) is 4.87. The molecule has 2 heterocycles. The summed E-state index contributed by atoms with van der Waals surface area (Å²) < 4.78 is 26.9. The van der Waals surface area contributed by atoms with E-state index in [1.807, 2.05) is 36.5 Å². The second-order valence-electron chi connectivity index (χ2n) is 7.22. The Hall–Kier alpha value is -3.13. The Morgan fingerprint density at radius 2 is 1.93 bits per heavy atom. The van der Waals surface area contributed by atoms with Crippen molar-refractivity contribution >= 4 is 21.6 Å². The van der Waals surface area contributed by atoms with Crippen LogP contribution in [0.3, 0.4) is 0 Å². The highest BCUT2D eigenvalue weighted by atomic mass is 32.2. The molecule has 0 saturated carbocycles. The summed E-state index contributed by atoms with van der Waals surface area (Å²) in [7, 11) is -1.55. The van der Waals surface area contributed by atoms with Gasteiger partial charge in [0.05, 0.1) is 23.8 Å². The lowest BCUT2D eigenvalue weighted by Crippen LogP contribution is -2.27. The highest BCUT2D eigenvalue weighted by Gasteiger charge is 2.27. The summed E-state index contributed by atoms with van der Waals surface area (Å²) in [5, 5.41) is 4.37. The minimum Gasteiger partial charge on any atom is -0.337 e. The smallest absolute Gasteiger partial charge is 0.253 e. The maximum absolute atomic E-state index is 12.9. The molecule has 1 aliphatic rings. The Bertz CT molecular complexity index is 1160. The van der Waals surface area contributed by atoms with Crippen LogP contribution in [-0.4, -0.2) is 48.9 Å². The highest BCUT2D eigenvalue weighted by molar-refractivity contribution is 7.92. The van der Waals surface area contributed by atoms with Crippen LogP contribution in [-0.2, 0) is 23.0 Å². The van der Waals surface area contributed by atoms with Crippen LogP contribution in [0.4, 0.5) is 5.69 Å². The van der Waals surface area contributed by atoms with E-state index < -0.39 is 10.0 Å². The van der Waals surface area contributed by atoms with E-state index >= 15 is 0 Å². The number of sulfonamides is 1. The second kappa shape index (κ2) is 7.36. The first-order chi connectivity index (χ1) is 13.8. The quantitative estimate of drug-likeness (QED) is 0.648. The Morgan fingerprint density at radius 3 is 2.66 bits per heavy atom. The summed E-state index contributed by atoms with van der Waals surface area (Å²) in [4.78, 5) is 14.5. The first-order valence-electron chi connectivity index (χ1n) is 9.28. The molecule has 7 nitrogen and oxygen atoms in total. The molecule has 2 aromatic carbocycles. The molecule has 1 aromatic heterocycles. The first-order valence-corrected chi connectivity index (χ1v) is 11.1. The van der Waals surface area contributed by atoms with E-state index in [0.29, 0.717) is 30.8 Å². The number of hydrogen-bond donors (Lipinski definition) is 0. The number of fused-ring (bicyclic) bond motifs is 1. The number of amides is 1. The normalized spacial score (nSPS) is 13.4. The summed E-state index contributed by atoms with van der Waals surface area (Å²) in [5.41, 5.74) is 3.98. The molecule has 4 rings (SSSR count). The van der Waals surface area contributed by atoms with Crippen LogP contribution in [0, 0.1) is 0 Å². The molecule has 0 radical (unpaired) electrons. The molecule has 0 bridgehead atoms. The lowest BCUT2D eigenvalue weighted by Gasteiger charge is -2.18. The molecule has 3 aromatic rings. The maximum atomic E-state index is 12.9. The van der Waals surface area contributed by atoms with Gasteiger partial charge in [-0.15, -0.1) is 0 Å². The van der Waals surface area contributed by atoms with Gasteiger partial charge in [0.15, 0.2) is 0 Å².